The smallest absolute Gasteiger partial charge is 0.335 e. The lowest BCUT2D eigenvalue weighted by atomic mass is 10.1. The summed E-state index contributed by atoms with van der Waals surface area (Å²) in [6.45, 7) is 2.45. The Morgan fingerprint density at radius 2 is 1.95 bits per heavy atom. The predicted molar refractivity (Wildman–Crippen MR) is 155 cm³/mol. The fourth-order valence-corrected chi connectivity index (χ4v) is 5.82. The van der Waals surface area contributed by atoms with Gasteiger partial charge in [0.25, 0.3) is 5.91 Å². The van der Waals surface area contributed by atoms with E-state index in [0.717, 1.165) is 17.3 Å². The number of carbonyl (C=O) groups excluding carboxylic acids is 1. The third-order valence-electron chi connectivity index (χ3n) is 5.16. The second kappa shape index (κ2) is 11.9. The van der Waals surface area contributed by atoms with Crippen molar-refractivity contribution < 1.29 is 24.2 Å². The summed E-state index contributed by atoms with van der Waals surface area (Å²) in [5, 5.41) is 10.3. The number of nitrogens with zero attached hydrogens (tertiary/aromatic N) is 1. The van der Waals surface area contributed by atoms with E-state index in [9.17, 15) is 14.7 Å². The number of thioether (sulfide) groups is 1. The van der Waals surface area contributed by atoms with Crippen LogP contribution < -0.4 is 14.4 Å². The maximum Gasteiger partial charge on any atom is 0.335 e. The molecule has 0 aromatic heterocycles. The van der Waals surface area contributed by atoms with Gasteiger partial charge in [-0.3, -0.25) is 9.69 Å². The number of benzene rings is 3. The molecule has 1 N–H and O–H groups in total. The number of hydrogen-bond acceptors (Lipinski definition) is 6. The van der Waals surface area contributed by atoms with Crippen LogP contribution >= 0.6 is 63.1 Å². The number of anilines is 1. The average Bonchev–Trinajstić information content (AvgIpc) is 3.12. The zero-order chi connectivity index (χ0) is 26.7. The molecule has 1 amide bonds. The fourth-order valence-electron chi connectivity index (χ4n) is 3.48. The van der Waals surface area contributed by atoms with Crippen molar-refractivity contribution in [2.45, 2.75) is 13.5 Å². The van der Waals surface area contributed by atoms with Crippen LogP contribution in [0, 0.1) is 0 Å². The standard InChI is InChI=1S/C26H18BrCl2NO5S2/c1-2-34-21-9-14(8-19(27)23(21)35-13-16-6-7-17(28)12-20(16)29)10-22-24(31)30(26(36)37-22)18-5-3-4-15(11-18)25(32)33/h3-12H,2,13H2,1H3,(H,32,33)/b22-10+. The van der Waals surface area contributed by atoms with Crippen molar-refractivity contribution in [1.29, 1.82) is 0 Å². The number of halogens is 3. The van der Waals surface area contributed by atoms with Crippen molar-refractivity contribution in [3.8, 4) is 11.5 Å². The Morgan fingerprint density at radius 3 is 2.65 bits per heavy atom. The molecule has 0 radical (unpaired) electrons. The molecule has 6 nitrogen and oxygen atoms in total. The normalized spacial score (nSPS) is 14.4. The number of carbonyl (C=O) groups is 2. The maximum absolute atomic E-state index is 13.2. The van der Waals surface area contributed by atoms with Gasteiger partial charge in [-0.05, 0) is 77.0 Å². The zero-order valence-electron chi connectivity index (χ0n) is 19.2. The second-order valence-corrected chi connectivity index (χ2v) is 11.0. The van der Waals surface area contributed by atoms with Crippen molar-refractivity contribution in [2.24, 2.45) is 0 Å². The summed E-state index contributed by atoms with van der Waals surface area (Å²) >= 11 is 22.3. The molecule has 0 atom stereocenters. The quantitative estimate of drug-likeness (QED) is 0.199. The highest BCUT2D eigenvalue weighted by Crippen LogP contribution is 2.41. The van der Waals surface area contributed by atoms with Gasteiger partial charge in [0.05, 0.1) is 27.2 Å². The molecule has 37 heavy (non-hydrogen) atoms. The van der Waals surface area contributed by atoms with E-state index in [1.54, 1.807) is 48.5 Å². The van der Waals surface area contributed by atoms with E-state index >= 15 is 0 Å². The first-order valence-corrected chi connectivity index (χ1v) is 13.6. The van der Waals surface area contributed by atoms with E-state index in [1.807, 2.05) is 6.92 Å². The van der Waals surface area contributed by atoms with Crippen LogP contribution in [-0.4, -0.2) is 27.9 Å². The van der Waals surface area contributed by atoms with Gasteiger partial charge in [-0.15, -0.1) is 0 Å². The molecule has 1 heterocycles. The topological polar surface area (TPSA) is 76.1 Å². The number of carboxylic acids is 1. The van der Waals surface area contributed by atoms with Crippen LogP contribution in [0.4, 0.5) is 5.69 Å². The monoisotopic (exact) mass is 637 g/mol. The Morgan fingerprint density at radius 1 is 1.16 bits per heavy atom. The van der Waals surface area contributed by atoms with E-state index in [1.165, 1.54) is 17.0 Å². The van der Waals surface area contributed by atoms with Crippen LogP contribution in [0.1, 0.15) is 28.4 Å². The minimum Gasteiger partial charge on any atom is -0.490 e. The minimum absolute atomic E-state index is 0.0660. The molecule has 11 heteroatoms. The first kappa shape index (κ1) is 27.5. The Hall–Kier alpha value is -2.56. The number of aromatic carboxylic acids is 1. The SMILES string of the molecule is CCOc1cc(/C=C2/SC(=S)N(c3cccc(C(=O)O)c3)C2=O)cc(Br)c1OCc1ccc(Cl)cc1Cl. The van der Waals surface area contributed by atoms with Crippen molar-refractivity contribution in [3.05, 3.63) is 90.7 Å². The van der Waals surface area contributed by atoms with Gasteiger partial charge in [0.1, 0.15) is 6.61 Å². The highest BCUT2D eigenvalue weighted by molar-refractivity contribution is 9.10. The van der Waals surface area contributed by atoms with Gasteiger partial charge >= 0.3 is 5.97 Å². The predicted octanol–water partition coefficient (Wildman–Crippen LogP) is 7.84. The summed E-state index contributed by atoms with van der Waals surface area (Å²) in [5.74, 6) is -0.456. The molecule has 1 aliphatic heterocycles. The average molecular weight is 639 g/mol. The molecule has 0 aliphatic carbocycles. The number of amides is 1. The lowest BCUT2D eigenvalue weighted by Gasteiger charge is -2.16. The van der Waals surface area contributed by atoms with E-state index in [2.05, 4.69) is 15.9 Å². The number of thiocarbonyl (C=S) groups is 1. The largest absolute Gasteiger partial charge is 0.490 e. The Bertz CT molecular complexity index is 1450. The molecule has 3 aromatic rings. The second-order valence-electron chi connectivity index (χ2n) is 7.66. The molecule has 0 spiro atoms. The van der Waals surface area contributed by atoms with Crippen LogP contribution in [-0.2, 0) is 11.4 Å². The van der Waals surface area contributed by atoms with Gasteiger partial charge in [0, 0.05) is 15.6 Å². The summed E-state index contributed by atoms with van der Waals surface area (Å²) < 4.78 is 12.8. The number of ether oxygens (including phenoxy) is 2. The number of carboxylic acid groups (broad SMARTS) is 1. The Labute approximate surface area is 241 Å². The van der Waals surface area contributed by atoms with Crippen molar-refractivity contribution in [2.75, 3.05) is 11.5 Å². The maximum atomic E-state index is 13.2. The van der Waals surface area contributed by atoms with E-state index < -0.39 is 5.97 Å². The molecule has 0 bridgehead atoms. The van der Waals surface area contributed by atoms with Crippen LogP contribution in [0.2, 0.25) is 10.0 Å². The minimum atomic E-state index is -1.09. The highest BCUT2D eigenvalue weighted by Gasteiger charge is 2.33. The third kappa shape index (κ3) is 6.30. The van der Waals surface area contributed by atoms with E-state index in [4.69, 9.17) is 44.9 Å². The first-order valence-electron chi connectivity index (χ1n) is 10.8. The van der Waals surface area contributed by atoms with Gasteiger partial charge in [0.15, 0.2) is 15.8 Å². The van der Waals surface area contributed by atoms with Crippen molar-refractivity contribution in [1.82, 2.24) is 0 Å². The molecule has 1 aliphatic rings. The summed E-state index contributed by atoms with van der Waals surface area (Å²) in [5.41, 5.74) is 1.91. The lowest BCUT2D eigenvalue weighted by Crippen LogP contribution is -2.27. The molecule has 4 rings (SSSR count). The lowest BCUT2D eigenvalue weighted by molar-refractivity contribution is -0.113. The number of hydrogen-bond donors (Lipinski definition) is 1. The van der Waals surface area contributed by atoms with E-state index in [0.29, 0.717) is 53.1 Å². The zero-order valence-corrected chi connectivity index (χ0v) is 23.9. The van der Waals surface area contributed by atoms with Crippen LogP contribution in [0.25, 0.3) is 6.08 Å². The van der Waals surface area contributed by atoms with Crippen LogP contribution in [0.3, 0.4) is 0 Å². The molecular weight excluding hydrogens is 621 g/mol. The molecule has 190 valence electrons. The van der Waals surface area contributed by atoms with Crippen LogP contribution in [0.5, 0.6) is 11.5 Å². The van der Waals surface area contributed by atoms with Gasteiger partial charge in [0.2, 0.25) is 0 Å². The molecular formula is C26H18BrCl2NO5S2. The first-order chi connectivity index (χ1) is 17.7. The van der Waals surface area contributed by atoms with Crippen molar-refractivity contribution in [3.63, 3.8) is 0 Å². The Kier molecular flexibility index (Phi) is 8.82. The third-order valence-corrected chi connectivity index (χ3v) is 7.64. The number of rotatable bonds is 8. The van der Waals surface area contributed by atoms with E-state index in [-0.39, 0.29) is 18.1 Å². The van der Waals surface area contributed by atoms with Crippen molar-refractivity contribution >= 4 is 91.1 Å². The summed E-state index contributed by atoms with van der Waals surface area (Å²) in [6, 6.07) is 14.8. The molecule has 3 aromatic carbocycles. The highest BCUT2D eigenvalue weighted by atomic mass is 79.9. The van der Waals surface area contributed by atoms with Gasteiger partial charge in [-0.25, -0.2) is 4.79 Å². The summed E-state index contributed by atoms with van der Waals surface area (Å²) in [6.07, 6.45) is 1.70. The summed E-state index contributed by atoms with van der Waals surface area (Å²) in [7, 11) is 0. The fraction of sp³-hybridized carbons (Fsp3) is 0.115. The van der Waals surface area contributed by atoms with Crippen LogP contribution in [0.15, 0.2) is 64.0 Å². The molecule has 1 saturated heterocycles. The van der Waals surface area contributed by atoms with Gasteiger partial charge in [-0.2, -0.15) is 0 Å². The molecule has 0 unspecified atom stereocenters. The van der Waals surface area contributed by atoms with Gasteiger partial charge < -0.3 is 14.6 Å². The molecule has 0 saturated carbocycles. The summed E-state index contributed by atoms with van der Waals surface area (Å²) in [4.78, 5) is 26.3. The Balaban J connectivity index is 1.61. The van der Waals surface area contributed by atoms with Gasteiger partial charge in [-0.1, -0.05) is 59.3 Å². The molecule has 1 fully saturated rings.